The quantitative estimate of drug-likeness (QED) is 0.685. The molecule has 1 aromatic heterocycles. The van der Waals surface area contributed by atoms with Gasteiger partial charge in [0.1, 0.15) is 11.6 Å². The predicted molar refractivity (Wildman–Crippen MR) is 108 cm³/mol. The van der Waals surface area contributed by atoms with E-state index in [1.165, 1.54) is 11.3 Å². The van der Waals surface area contributed by atoms with Gasteiger partial charge in [0.15, 0.2) is 0 Å². The lowest BCUT2D eigenvalue weighted by atomic mass is 9.95. The molecule has 2 amide bonds. The predicted octanol–water partition coefficient (Wildman–Crippen LogP) is 3.81. The van der Waals surface area contributed by atoms with Crippen molar-refractivity contribution in [1.29, 1.82) is 0 Å². The van der Waals surface area contributed by atoms with Crippen molar-refractivity contribution in [2.24, 2.45) is 5.92 Å². The molecule has 1 aliphatic heterocycles. The summed E-state index contributed by atoms with van der Waals surface area (Å²) in [6, 6.07) is 8.35. The van der Waals surface area contributed by atoms with Gasteiger partial charge in [-0.05, 0) is 49.6 Å². The molecule has 0 saturated carbocycles. The smallest absolute Gasteiger partial charge is 0.256 e. The van der Waals surface area contributed by atoms with Crippen LogP contribution >= 0.6 is 0 Å². The molecular formula is C22H20F2N4O3. The number of piperidine rings is 1. The van der Waals surface area contributed by atoms with Gasteiger partial charge in [-0.25, -0.2) is 8.78 Å². The lowest BCUT2D eigenvalue weighted by Crippen LogP contribution is -2.41. The fraction of sp³-hybridized carbons (Fsp3) is 0.273. The summed E-state index contributed by atoms with van der Waals surface area (Å²) in [7, 11) is 0. The summed E-state index contributed by atoms with van der Waals surface area (Å²) in [5.41, 5.74) is 2.06. The molecule has 3 aromatic rings. The van der Waals surface area contributed by atoms with Crippen LogP contribution in [0.1, 0.15) is 28.8 Å². The van der Waals surface area contributed by atoms with Crippen molar-refractivity contribution in [2.75, 3.05) is 18.4 Å². The van der Waals surface area contributed by atoms with Gasteiger partial charge in [-0.1, -0.05) is 6.07 Å². The van der Waals surface area contributed by atoms with E-state index < -0.39 is 17.5 Å². The van der Waals surface area contributed by atoms with Crippen LogP contribution in [-0.2, 0) is 4.79 Å². The van der Waals surface area contributed by atoms with Gasteiger partial charge >= 0.3 is 0 Å². The van der Waals surface area contributed by atoms with E-state index in [-0.39, 0.29) is 17.4 Å². The number of nitrogens with one attached hydrogen (secondary N) is 1. The van der Waals surface area contributed by atoms with E-state index in [1.54, 1.807) is 6.07 Å². The van der Waals surface area contributed by atoms with Crippen LogP contribution in [0.25, 0.3) is 11.5 Å². The zero-order valence-electron chi connectivity index (χ0n) is 16.8. The third kappa shape index (κ3) is 4.45. The second kappa shape index (κ2) is 8.63. The van der Waals surface area contributed by atoms with Crippen LogP contribution in [-0.4, -0.2) is 40.0 Å². The zero-order valence-corrected chi connectivity index (χ0v) is 16.8. The van der Waals surface area contributed by atoms with Crippen molar-refractivity contribution in [2.45, 2.75) is 19.8 Å². The standard InChI is InChI=1S/C22H20F2N4O3/c1-13-2-3-15(21-27-25-12-31-21)10-19(13)26-20(29)14-6-8-28(9-7-14)22(30)17-5-4-16(23)11-18(17)24/h2-5,10-12,14H,6-9H2,1H3,(H,26,29). The fourth-order valence-corrected chi connectivity index (χ4v) is 3.60. The Morgan fingerprint density at radius 2 is 1.90 bits per heavy atom. The summed E-state index contributed by atoms with van der Waals surface area (Å²) in [4.78, 5) is 26.8. The molecule has 2 heterocycles. The maximum Gasteiger partial charge on any atom is 0.256 e. The average Bonchev–Trinajstić information content (AvgIpc) is 3.30. The van der Waals surface area contributed by atoms with Crippen LogP contribution < -0.4 is 5.32 Å². The number of hydrogen-bond acceptors (Lipinski definition) is 5. The van der Waals surface area contributed by atoms with Crippen molar-refractivity contribution < 1.29 is 22.8 Å². The van der Waals surface area contributed by atoms with Crippen LogP contribution in [0.5, 0.6) is 0 Å². The largest absolute Gasteiger partial charge is 0.423 e. The summed E-state index contributed by atoms with van der Waals surface area (Å²) >= 11 is 0. The van der Waals surface area contributed by atoms with Crippen LogP contribution in [0, 0.1) is 24.5 Å². The topological polar surface area (TPSA) is 88.3 Å². The summed E-state index contributed by atoms with van der Waals surface area (Å²) in [6.45, 7) is 2.51. The van der Waals surface area contributed by atoms with Gasteiger partial charge in [-0.3, -0.25) is 9.59 Å². The van der Waals surface area contributed by atoms with Gasteiger partial charge in [-0.2, -0.15) is 0 Å². The highest BCUT2D eigenvalue weighted by molar-refractivity contribution is 5.96. The first kappa shape index (κ1) is 20.6. The van der Waals surface area contributed by atoms with Crippen LogP contribution in [0.15, 0.2) is 47.2 Å². The number of likely N-dealkylation sites (tertiary alicyclic amines) is 1. The third-order valence-electron chi connectivity index (χ3n) is 5.42. The molecule has 160 valence electrons. The van der Waals surface area contributed by atoms with Crippen molar-refractivity contribution in [1.82, 2.24) is 15.1 Å². The van der Waals surface area contributed by atoms with E-state index in [9.17, 15) is 18.4 Å². The van der Waals surface area contributed by atoms with Gasteiger partial charge in [0.2, 0.25) is 18.2 Å². The van der Waals surface area contributed by atoms with Crippen LogP contribution in [0.4, 0.5) is 14.5 Å². The Morgan fingerprint density at radius 3 is 2.58 bits per heavy atom. The van der Waals surface area contributed by atoms with Crippen molar-refractivity contribution in [3.05, 3.63) is 65.6 Å². The monoisotopic (exact) mass is 426 g/mol. The summed E-state index contributed by atoms with van der Waals surface area (Å²) < 4.78 is 32.2. The molecular weight excluding hydrogens is 406 g/mol. The van der Waals surface area contributed by atoms with Crippen molar-refractivity contribution >= 4 is 17.5 Å². The van der Waals surface area contributed by atoms with Crippen LogP contribution in [0.3, 0.4) is 0 Å². The Labute approximate surface area is 177 Å². The molecule has 1 aliphatic rings. The van der Waals surface area contributed by atoms with Crippen molar-refractivity contribution in [3.63, 3.8) is 0 Å². The third-order valence-corrected chi connectivity index (χ3v) is 5.42. The first-order chi connectivity index (χ1) is 14.9. The molecule has 1 fully saturated rings. The number of rotatable bonds is 4. The Bertz CT molecular complexity index is 1110. The first-order valence-electron chi connectivity index (χ1n) is 9.85. The van der Waals surface area contributed by atoms with Gasteiger partial charge in [0.25, 0.3) is 5.91 Å². The maximum absolute atomic E-state index is 13.9. The van der Waals surface area contributed by atoms with E-state index in [4.69, 9.17) is 4.42 Å². The Balaban J connectivity index is 1.39. The fourth-order valence-electron chi connectivity index (χ4n) is 3.60. The van der Waals surface area contributed by atoms with E-state index in [1.807, 2.05) is 19.1 Å². The number of halogens is 2. The molecule has 1 N–H and O–H groups in total. The molecule has 0 aliphatic carbocycles. The lowest BCUT2D eigenvalue weighted by Gasteiger charge is -2.31. The molecule has 0 atom stereocenters. The number of anilines is 1. The molecule has 1 saturated heterocycles. The van der Waals surface area contributed by atoms with E-state index in [0.717, 1.165) is 17.7 Å². The number of carbonyl (C=O) groups excluding carboxylic acids is 2. The molecule has 31 heavy (non-hydrogen) atoms. The average molecular weight is 426 g/mol. The summed E-state index contributed by atoms with van der Waals surface area (Å²) in [5.74, 6) is -2.20. The van der Waals surface area contributed by atoms with E-state index >= 15 is 0 Å². The zero-order chi connectivity index (χ0) is 22.0. The molecule has 0 unspecified atom stereocenters. The van der Waals surface area contributed by atoms with Crippen molar-refractivity contribution in [3.8, 4) is 11.5 Å². The minimum absolute atomic E-state index is 0.147. The highest BCUT2D eigenvalue weighted by Gasteiger charge is 2.29. The minimum Gasteiger partial charge on any atom is -0.423 e. The molecule has 9 heteroatoms. The maximum atomic E-state index is 13.9. The van der Waals surface area contributed by atoms with Crippen LogP contribution in [0.2, 0.25) is 0 Å². The molecule has 0 spiro atoms. The van der Waals surface area contributed by atoms with E-state index in [2.05, 4.69) is 15.5 Å². The van der Waals surface area contributed by atoms with E-state index in [0.29, 0.717) is 49.1 Å². The number of aryl methyl sites for hydroxylation is 1. The lowest BCUT2D eigenvalue weighted by molar-refractivity contribution is -0.121. The van der Waals surface area contributed by atoms with Gasteiger partial charge in [-0.15, -0.1) is 10.2 Å². The number of hydrogen-bond donors (Lipinski definition) is 1. The summed E-state index contributed by atoms with van der Waals surface area (Å²) in [6.07, 6.45) is 2.13. The van der Waals surface area contributed by atoms with Gasteiger partial charge in [0, 0.05) is 36.3 Å². The Kier molecular flexibility index (Phi) is 5.75. The number of amides is 2. The first-order valence-corrected chi connectivity index (χ1v) is 9.85. The second-order valence-electron chi connectivity index (χ2n) is 7.45. The molecule has 2 aromatic carbocycles. The van der Waals surface area contributed by atoms with Gasteiger partial charge in [0.05, 0.1) is 5.56 Å². The molecule has 0 bridgehead atoms. The van der Waals surface area contributed by atoms with Gasteiger partial charge < -0.3 is 14.6 Å². The minimum atomic E-state index is -0.888. The SMILES string of the molecule is Cc1ccc(-c2nnco2)cc1NC(=O)C1CCN(C(=O)c2ccc(F)cc2F)CC1. The number of aromatic nitrogens is 2. The summed E-state index contributed by atoms with van der Waals surface area (Å²) in [5, 5.41) is 10.5. The highest BCUT2D eigenvalue weighted by atomic mass is 19.1. The molecule has 0 radical (unpaired) electrons. The Hall–Kier alpha value is -3.62. The molecule has 4 rings (SSSR count). The highest BCUT2D eigenvalue weighted by Crippen LogP contribution is 2.26. The number of nitrogens with zero attached hydrogens (tertiary/aromatic N) is 3. The Morgan fingerprint density at radius 1 is 1.13 bits per heavy atom. The molecule has 7 nitrogen and oxygen atoms in total. The normalized spacial score (nSPS) is 14.5. The number of benzene rings is 2. The number of carbonyl (C=O) groups is 2. The second-order valence-corrected chi connectivity index (χ2v) is 7.45.